The third-order valence-electron chi connectivity index (χ3n) is 2.05. The lowest BCUT2D eigenvalue weighted by atomic mass is 10.2. The first-order chi connectivity index (χ1) is 7.67. The predicted molar refractivity (Wildman–Crippen MR) is 59.5 cm³/mol. The van der Waals surface area contributed by atoms with Gasteiger partial charge < -0.3 is 10.6 Å². The molecule has 2 amide bonds. The molecule has 0 saturated heterocycles. The number of hydrogen-bond donors (Lipinski definition) is 3. The summed E-state index contributed by atoms with van der Waals surface area (Å²) in [5, 5.41) is 6.15. The standard InChI is InChI=1S/C10H19F2N3O2/c1-5-13-7(16)10(4,12)15-8(17)9(3,11)14-6-2/h14H,5-6H2,1-4H3,(H,13,16)(H,15,17)/t9-,10+/m1/s1. The number of halogens is 2. The summed E-state index contributed by atoms with van der Waals surface area (Å²) in [6, 6.07) is 0. The van der Waals surface area contributed by atoms with Crippen LogP contribution in [0.4, 0.5) is 8.78 Å². The monoisotopic (exact) mass is 251 g/mol. The van der Waals surface area contributed by atoms with Gasteiger partial charge in [0.15, 0.2) is 0 Å². The number of amides is 2. The molecule has 2 atom stereocenters. The fraction of sp³-hybridized carbons (Fsp3) is 0.800. The van der Waals surface area contributed by atoms with Crippen molar-refractivity contribution in [3.05, 3.63) is 0 Å². The molecule has 3 N–H and O–H groups in total. The van der Waals surface area contributed by atoms with Crippen LogP contribution in [0.2, 0.25) is 0 Å². The van der Waals surface area contributed by atoms with E-state index in [-0.39, 0.29) is 13.1 Å². The Bertz CT molecular complexity index is 293. The normalized spacial score (nSPS) is 17.8. The smallest absolute Gasteiger partial charge is 0.278 e. The Morgan fingerprint density at radius 1 is 1.00 bits per heavy atom. The van der Waals surface area contributed by atoms with Crippen LogP contribution in [0.3, 0.4) is 0 Å². The largest absolute Gasteiger partial charge is 0.352 e. The number of rotatable bonds is 6. The number of alkyl halides is 2. The van der Waals surface area contributed by atoms with Gasteiger partial charge in [-0.15, -0.1) is 0 Å². The molecule has 0 fully saturated rings. The number of likely N-dealkylation sites (N-methyl/N-ethyl adjacent to an activating group) is 2. The zero-order valence-electron chi connectivity index (χ0n) is 10.5. The van der Waals surface area contributed by atoms with Gasteiger partial charge in [-0.05, 0) is 27.3 Å². The van der Waals surface area contributed by atoms with Gasteiger partial charge in [-0.25, -0.2) is 8.78 Å². The third kappa shape index (κ3) is 4.64. The van der Waals surface area contributed by atoms with Gasteiger partial charge in [0, 0.05) is 6.54 Å². The maximum atomic E-state index is 13.8. The van der Waals surface area contributed by atoms with E-state index in [0.29, 0.717) is 0 Å². The molecule has 0 saturated carbocycles. The lowest BCUT2D eigenvalue weighted by Gasteiger charge is -2.26. The van der Waals surface area contributed by atoms with E-state index in [1.807, 2.05) is 0 Å². The van der Waals surface area contributed by atoms with Crippen molar-refractivity contribution in [3.63, 3.8) is 0 Å². The second-order valence-electron chi connectivity index (χ2n) is 3.85. The SMILES string of the molecule is CCNC(=O)[C@@](C)(F)NC(=O)[C@](C)(F)NCC. The van der Waals surface area contributed by atoms with Crippen molar-refractivity contribution in [2.24, 2.45) is 0 Å². The first-order valence-corrected chi connectivity index (χ1v) is 5.41. The van der Waals surface area contributed by atoms with Crippen molar-refractivity contribution < 1.29 is 18.4 Å². The lowest BCUT2D eigenvalue weighted by Crippen LogP contribution is -2.60. The Balaban J connectivity index is 4.61. The van der Waals surface area contributed by atoms with E-state index in [4.69, 9.17) is 0 Å². The average Bonchev–Trinajstić information content (AvgIpc) is 2.17. The highest BCUT2D eigenvalue weighted by atomic mass is 19.2. The summed E-state index contributed by atoms with van der Waals surface area (Å²) in [5.74, 6) is -7.30. The molecular formula is C10H19F2N3O2. The highest BCUT2D eigenvalue weighted by Gasteiger charge is 2.41. The molecule has 0 spiro atoms. The summed E-state index contributed by atoms with van der Waals surface area (Å²) in [6.45, 7) is 5.44. The molecule has 0 rings (SSSR count). The summed E-state index contributed by atoms with van der Waals surface area (Å²) in [5.41, 5.74) is 0. The number of hydrogen-bond acceptors (Lipinski definition) is 3. The summed E-state index contributed by atoms with van der Waals surface area (Å²) in [4.78, 5) is 22.7. The van der Waals surface area contributed by atoms with E-state index in [1.54, 1.807) is 19.2 Å². The Kier molecular flexibility index (Phi) is 5.47. The van der Waals surface area contributed by atoms with Gasteiger partial charge in [-0.1, -0.05) is 6.92 Å². The van der Waals surface area contributed by atoms with Crippen LogP contribution in [0, 0.1) is 0 Å². The molecule has 17 heavy (non-hydrogen) atoms. The Morgan fingerprint density at radius 3 is 1.94 bits per heavy atom. The molecule has 0 unspecified atom stereocenters. The second-order valence-corrected chi connectivity index (χ2v) is 3.85. The maximum Gasteiger partial charge on any atom is 0.278 e. The Morgan fingerprint density at radius 2 is 1.53 bits per heavy atom. The van der Waals surface area contributed by atoms with Crippen LogP contribution in [0.1, 0.15) is 27.7 Å². The van der Waals surface area contributed by atoms with Gasteiger partial charge in [-0.3, -0.25) is 14.9 Å². The number of carbonyl (C=O) groups is 2. The first-order valence-electron chi connectivity index (χ1n) is 5.41. The molecule has 0 aromatic heterocycles. The minimum absolute atomic E-state index is 0.199. The van der Waals surface area contributed by atoms with Crippen molar-refractivity contribution in [2.75, 3.05) is 13.1 Å². The fourth-order valence-electron chi connectivity index (χ4n) is 1.13. The van der Waals surface area contributed by atoms with Crippen LogP contribution in [0.25, 0.3) is 0 Å². The van der Waals surface area contributed by atoms with Gasteiger partial charge >= 0.3 is 0 Å². The minimum Gasteiger partial charge on any atom is -0.352 e. The topological polar surface area (TPSA) is 70.2 Å². The molecule has 5 nitrogen and oxygen atoms in total. The van der Waals surface area contributed by atoms with Crippen LogP contribution in [0.5, 0.6) is 0 Å². The van der Waals surface area contributed by atoms with Crippen LogP contribution in [-0.4, -0.2) is 36.5 Å². The van der Waals surface area contributed by atoms with E-state index < -0.39 is 23.4 Å². The first kappa shape index (κ1) is 15.8. The maximum absolute atomic E-state index is 13.8. The fourth-order valence-corrected chi connectivity index (χ4v) is 1.13. The quantitative estimate of drug-likeness (QED) is 0.591. The molecule has 100 valence electrons. The molecule has 7 heteroatoms. The third-order valence-corrected chi connectivity index (χ3v) is 2.05. The van der Waals surface area contributed by atoms with E-state index in [2.05, 4.69) is 10.6 Å². The number of nitrogens with one attached hydrogen (secondary N) is 3. The van der Waals surface area contributed by atoms with Crippen LogP contribution in [-0.2, 0) is 9.59 Å². The van der Waals surface area contributed by atoms with Crippen molar-refractivity contribution >= 4 is 11.8 Å². The predicted octanol–water partition coefficient (Wildman–Crippen LogP) is 0.220. The van der Waals surface area contributed by atoms with Crippen molar-refractivity contribution in [1.82, 2.24) is 16.0 Å². The van der Waals surface area contributed by atoms with Crippen LogP contribution < -0.4 is 16.0 Å². The van der Waals surface area contributed by atoms with Crippen molar-refractivity contribution in [3.8, 4) is 0 Å². The van der Waals surface area contributed by atoms with Crippen molar-refractivity contribution in [1.29, 1.82) is 0 Å². The minimum atomic E-state index is -2.64. The van der Waals surface area contributed by atoms with E-state index in [1.165, 1.54) is 0 Å². The van der Waals surface area contributed by atoms with Gasteiger partial charge in [0.25, 0.3) is 17.6 Å². The van der Waals surface area contributed by atoms with Gasteiger partial charge in [0.1, 0.15) is 0 Å². The molecule has 0 aliphatic carbocycles. The molecule has 0 aliphatic rings. The molecule has 0 aromatic carbocycles. The molecular weight excluding hydrogens is 232 g/mol. The lowest BCUT2D eigenvalue weighted by molar-refractivity contribution is -0.146. The zero-order valence-corrected chi connectivity index (χ0v) is 10.5. The van der Waals surface area contributed by atoms with Gasteiger partial charge in [0.05, 0.1) is 0 Å². The zero-order chi connectivity index (χ0) is 13.7. The van der Waals surface area contributed by atoms with Crippen molar-refractivity contribution in [2.45, 2.75) is 39.3 Å². The molecule has 0 bridgehead atoms. The van der Waals surface area contributed by atoms with Crippen LogP contribution >= 0.6 is 0 Å². The number of carbonyl (C=O) groups excluding carboxylic acids is 2. The van der Waals surface area contributed by atoms with E-state index in [9.17, 15) is 18.4 Å². The van der Waals surface area contributed by atoms with Gasteiger partial charge in [-0.2, -0.15) is 0 Å². The molecule has 0 aromatic rings. The van der Waals surface area contributed by atoms with E-state index in [0.717, 1.165) is 13.8 Å². The molecule has 0 heterocycles. The van der Waals surface area contributed by atoms with E-state index >= 15 is 0 Å². The Labute approximate surface area is 99.3 Å². The second kappa shape index (κ2) is 5.90. The summed E-state index contributed by atoms with van der Waals surface area (Å²) in [6.07, 6.45) is 0. The highest BCUT2D eigenvalue weighted by molar-refractivity contribution is 5.92. The average molecular weight is 251 g/mol. The van der Waals surface area contributed by atoms with Crippen LogP contribution in [0.15, 0.2) is 0 Å². The summed E-state index contributed by atoms with van der Waals surface area (Å²) in [7, 11) is 0. The molecule has 0 radical (unpaired) electrons. The van der Waals surface area contributed by atoms with Gasteiger partial charge in [0.2, 0.25) is 5.79 Å². The summed E-state index contributed by atoms with van der Waals surface area (Å²) >= 11 is 0. The summed E-state index contributed by atoms with van der Waals surface area (Å²) < 4.78 is 27.4. The Hall–Kier alpha value is -1.24. The highest BCUT2D eigenvalue weighted by Crippen LogP contribution is 2.11. The molecule has 0 aliphatic heterocycles.